The predicted molar refractivity (Wildman–Crippen MR) is 173 cm³/mol. The summed E-state index contributed by atoms with van der Waals surface area (Å²) in [6.07, 6.45) is 1.31. The number of benzene rings is 2. The number of amides is 3. The number of rotatable bonds is 6. The molecule has 2 aliphatic heterocycles. The van der Waals surface area contributed by atoms with Gasteiger partial charge < -0.3 is 5.32 Å². The summed E-state index contributed by atoms with van der Waals surface area (Å²) in [5.41, 5.74) is 0.813. The van der Waals surface area contributed by atoms with E-state index < -0.39 is 29.2 Å². The lowest BCUT2D eigenvalue weighted by Crippen LogP contribution is -2.51. The Hall–Kier alpha value is -4.87. The van der Waals surface area contributed by atoms with Crippen LogP contribution in [0.5, 0.6) is 0 Å². The number of hydrogen-bond donors (Lipinski definition) is 2. The molecule has 3 amide bonds. The van der Waals surface area contributed by atoms with E-state index in [2.05, 4.69) is 32.5 Å². The lowest BCUT2D eigenvalue weighted by atomic mass is 9.76. The number of carbonyl (C=O) groups excluding carboxylic acids is 3. The second-order valence-corrected chi connectivity index (χ2v) is 13.3. The van der Waals surface area contributed by atoms with Crippen molar-refractivity contribution >= 4 is 46.0 Å². The van der Waals surface area contributed by atoms with Gasteiger partial charge in [-0.05, 0) is 62.1 Å². The van der Waals surface area contributed by atoms with Crippen molar-refractivity contribution in [2.24, 2.45) is 13.0 Å². The van der Waals surface area contributed by atoms with E-state index in [1.54, 1.807) is 30.1 Å². The van der Waals surface area contributed by atoms with E-state index in [0.717, 1.165) is 43.3 Å². The first-order valence-electron chi connectivity index (χ1n) is 15.8. The van der Waals surface area contributed by atoms with Gasteiger partial charge in [0, 0.05) is 56.3 Å². The largest absolute Gasteiger partial charge is 0.416 e. The molecule has 1 atom stereocenters. The van der Waals surface area contributed by atoms with Crippen molar-refractivity contribution in [2.45, 2.75) is 56.4 Å². The number of halogens is 4. The van der Waals surface area contributed by atoms with E-state index in [9.17, 15) is 32.3 Å². The van der Waals surface area contributed by atoms with Crippen molar-refractivity contribution < 1.29 is 27.6 Å². The number of aromatic nitrogens is 4. The number of likely N-dealkylation sites (tertiary alicyclic amines) is 1. The van der Waals surface area contributed by atoms with Crippen LogP contribution in [0.25, 0.3) is 11.0 Å². The third kappa shape index (κ3) is 6.02. The van der Waals surface area contributed by atoms with Gasteiger partial charge in [-0.1, -0.05) is 23.4 Å². The molecular formula is C34H31ClF3N7O4. The Morgan fingerprint density at radius 3 is 2.57 bits per heavy atom. The molecule has 7 rings (SSSR count). The number of piperidine rings is 1. The first-order valence-corrected chi connectivity index (χ1v) is 16.2. The topological polar surface area (TPSA) is 123 Å². The minimum Gasteiger partial charge on any atom is -0.323 e. The molecule has 4 heterocycles. The van der Waals surface area contributed by atoms with Crippen LogP contribution < -0.4 is 16.3 Å². The van der Waals surface area contributed by atoms with Gasteiger partial charge in [0.1, 0.15) is 11.6 Å². The van der Waals surface area contributed by atoms with Gasteiger partial charge in [0.2, 0.25) is 11.8 Å². The molecule has 11 nitrogen and oxygen atoms in total. The summed E-state index contributed by atoms with van der Waals surface area (Å²) in [4.78, 5) is 52.8. The normalized spacial score (nSPS) is 19.5. The smallest absolute Gasteiger partial charge is 0.323 e. The predicted octanol–water partition coefficient (Wildman–Crippen LogP) is 4.19. The Morgan fingerprint density at radius 2 is 1.90 bits per heavy atom. The third-order valence-corrected chi connectivity index (χ3v) is 9.93. The second-order valence-electron chi connectivity index (χ2n) is 12.9. The van der Waals surface area contributed by atoms with Crippen LogP contribution in [0.15, 0.2) is 53.6 Å². The standard InChI is InChI=1S/C34H31ClF3N7O4/c1-42-26-8-5-20(13-28(26)45(32(42)49)27-9-10-29(46)41-30(27)47)3-4-21-16-43(17-21)18-22-15-39-44(19-22)33(11-2-12-33)31(48)40-25-7-6-23(14-24(25)35)34(36,37)38/h5-8,13-15,19,21,27H,2,9-12,16-18H2,1H3,(H,40,48)(H,41,46,47). The maximum absolute atomic E-state index is 13.4. The number of carbonyl (C=O) groups is 3. The quantitative estimate of drug-likeness (QED) is 0.231. The molecule has 1 saturated carbocycles. The average Bonchev–Trinajstić information content (AvgIpc) is 3.56. The number of hydrogen-bond acceptors (Lipinski definition) is 6. The molecule has 2 aromatic carbocycles. The number of imide groups is 1. The van der Waals surface area contributed by atoms with Crippen LogP contribution in [-0.4, -0.2) is 54.6 Å². The number of nitrogens with one attached hydrogen (secondary N) is 2. The zero-order valence-electron chi connectivity index (χ0n) is 26.3. The summed E-state index contributed by atoms with van der Waals surface area (Å²) in [5, 5.41) is 9.31. The van der Waals surface area contributed by atoms with Crippen molar-refractivity contribution in [2.75, 3.05) is 18.4 Å². The molecule has 1 unspecified atom stereocenters. The lowest BCUT2D eigenvalue weighted by Gasteiger charge is -2.40. The Morgan fingerprint density at radius 1 is 1.12 bits per heavy atom. The maximum Gasteiger partial charge on any atom is 0.416 e. The molecule has 254 valence electrons. The minimum absolute atomic E-state index is 0.110. The Labute approximate surface area is 283 Å². The highest BCUT2D eigenvalue weighted by Gasteiger charge is 2.47. The van der Waals surface area contributed by atoms with E-state index in [4.69, 9.17) is 11.6 Å². The van der Waals surface area contributed by atoms with Crippen LogP contribution in [0.2, 0.25) is 5.02 Å². The van der Waals surface area contributed by atoms with E-state index in [1.807, 2.05) is 12.3 Å². The second kappa shape index (κ2) is 12.2. The molecule has 3 aliphatic rings. The van der Waals surface area contributed by atoms with Gasteiger partial charge in [0.05, 0.1) is 33.5 Å². The van der Waals surface area contributed by atoms with Crippen molar-refractivity contribution in [3.8, 4) is 11.8 Å². The summed E-state index contributed by atoms with van der Waals surface area (Å²) >= 11 is 6.08. The summed E-state index contributed by atoms with van der Waals surface area (Å²) in [6.45, 7) is 2.06. The number of anilines is 1. The van der Waals surface area contributed by atoms with Gasteiger partial charge in [-0.3, -0.25) is 38.4 Å². The number of alkyl halides is 3. The van der Waals surface area contributed by atoms with Gasteiger partial charge in [-0.25, -0.2) is 4.79 Å². The molecule has 0 radical (unpaired) electrons. The molecule has 2 aromatic heterocycles. The maximum atomic E-state index is 13.4. The van der Waals surface area contributed by atoms with E-state index >= 15 is 0 Å². The van der Waals surface area contributed by atoms with E-state index in [-0.39, 0.29) is 47.0 Å². The Bertz CT molecular complexity index is 2130. The fourth-order valence-electron chi connectivity index (χ4n) is 6.69. The minimum atomic E-state index is -4.54. The van der Waals surface area contributed by atoms with E-state index in [0.29, 0.717) is 36.0 Å². The SMILES string of the molecule is Cn1c(=O)n(C2CCC(=O)NC2=O)c2cc(C#CC3CN(Cc4cnn(C5(C(=O)Nc6ccc(C(F)(F)F)cc6Cl)CCC5)c4)C3)ccc21. The Balaban J connectivity index is 0.985. The lowest BCUT2D eigenvalue weighted by molar-refractivity contribution is -0.138. The van der Waals surface area contributed by atoms with Gasteiger partial charge in [0.15, 0.2) is 0 Å². The Kier molecular flexibility index (Phi) is 8.15. The van der Waals surface area contributed by atoms with Crippen molar-refractivity contribution in [3.63, 3.8) is 0 Å². The summed E-state index contributed by atoms with van der Waals surface area (Å²) in [7, 11) is 1.64. The van der Waals surface area contributed by atoms with Crippen LogP contribution in [0.1, 0.15) is 54.8 Å². The average molecular weight is 694 g/mol. The first-order chi connectivity index (χ1) is 23.3. The molecule has 4 aromatic rings. The molecule has 0 spiro atoms. The summed E-state index contributed by atoms with van der Waals surface area (Å²) in [5.74, 6) is 5.41. The van der Waals surface area contributed by atoms with Crippen molar-refractivity contribution in [1.82, 2.24) is 29.1 Å². The third-order valence-electron chi connectivity index (χ3n) is 9.62. The monoisotopic (exact) mass is 693 g/mol. The van der Waals surface area contributed by atoms with Crippen molar-refractivity contribution in [1.29, 1.82) is 0 Å². The first kappa shape index (κ1) is 32.7. The fraction of sp³-hybridized carbons (Fsp3) is 0.382. The van der Waals surface area contributed by atoms with Crippen LogP contribution in [0.4, 0.5) is 18.9 Å². The number of imidazole rings is 1. The molecule has 3 fully saturated rings. The highest BCUT2D eigenvalue weighted by Crippen LogP contribution is 2.41. The number of fused-ring (bicyclic) bond motifs is 1. The number of nitrogens with zero attached hydrogens (tertiary/aromatic N) is 5. The molecule has 2 saturated heterocycles. The summed E-state index contributed by atoms with van der Waals surface area (Å²) < 4.78 is 43.7. The van der Waals surface area contributed by atoms with Crippen molar-refractivity contribution in [3.05, 3.63) is 81.0 Å². The molecule has 49 heavy (non-hydrogen) atoms. The zero-order valence-corrected chi connectivity index (χ0v) is 27.1. The van der Waals surface area contributed by atoms with Crippen LogP contribution in [0.3, 0.4) is 0 Å². The van der Waals surface area contributed by atoms with Gasteiger partial charge in [0.25, 0.3) is 5.91 Å². The summed E-state index contributed by atoms with van der Waals surface area (Å²) in [6, 6.07) is 7.52. The molecule has 1 aliphatic carbocycles. The van der Waals surface area contributed by atoms with Gasteiger partial charge in [-0.15, -0.1) is 0 Å². The molecule has 2 N–H and O–H groups in total. The van der Waals surface area contributed by atoms with Crippen LogP contribution in [0, 0.1) is 17.8 Å². The molecule has 15 heteroatoms. The van der Waals surface area contributed by atoms with Crippen LogP contribution >= 0.6 is 11.6 Å². The molecular weight excluding hydrogens is 663 g/mol. The molecule has 0 bridgehead atoms. The number of aryl methyl sites for hydroxylation is 1. The van der Waals surface area contributed by atoms with Crippen LogP contribution in [-0.2, 0) is 39.7 Å². The van der Waals surface area contributed by atoms with E-state index in [1.165, 1.54) is 9.13 Å². The highest BCUT2D eigenvalue weighted by atomic mass is 35.5. The fourth-order valence-corrected chi connectivity index (χ4v) is 6.92. The zero-order chi connectivity index (χ0) is 34.7. The van der Waals surface area contributed by atoms with Gasteiger partial charge >= 0.3 is 11.9 Å². The van der Waals surface area contributed by atoms with Gasteiger partial charge in [-0.2, -0.15) is 18.3 Å². The highest BCUT2D eigenvalue weighted by molar-refractivity contribution is 6.33.